The molecule has 2 saturated heterocycles. The van der Waals surface area contributed by atoms with Crippen molar-refractivity contribution in [2.45, 2.75) is 193 Å². The largest absolute Gasteiger partial charge is 0.460 e. The Bertz CT molecular complexity index is 1940. The fourth-order valence-electron chi connectivity index (χ4n) is 10.3. The van der Waals surface area contributed by atoms with Gasteiger partial charge in [-0.25, -0.2) is 4.79 Å². The Morgan fingerprint density at radius 2 is 1.59 bits per heavy atom. The van der Waals surface area contributed by atoms with Crippen molar-refractivity contribution in [1.82, 2.24) is 4.90 Å². The molecule has 0 radical (unpaired) electrons. The molecule has 3 aliphatic rings. The maximum Gasteiger partial charge on any atom is 0.329 e. The van der Waals surface area contributed by atoms with E-state index in [1.807, 2.05) is 32.9 Å². The predicted molar refractivity (Wildman–Crippen MR) is 273 cm³/mol. The number of ether oxygens (including phenoxy) is 6. The summed E-state index contributed by atoms with van der Waals surface area (Å²) in [5.74, 6) is -9.21. The number of carbonyl (C=O) groups is 6. The highest BCUT2D eigenvalue weighted by Gasteiger charge is 2.53. The molecule has 414 valence electrons. The van der Waals surface area contributed by atoms with E-state index in [9.17, 15) is 49.2 Å². The van der Waals surface area contributed by atoms with E-state index >= 15 is 0 Å². The monoisotopic (exact) mass is 1030 g/mol. The van der Waals surface area contributed by atoms with Crippen LogP contribution in [0.4, 0.5) is 0 Å². The van der Waals surface area contributed by atoms with Crippen LogP contribution in [0.25, 0.3) is 0 Å². The lowest BCUT2D eigenvalue weighted by Crippen LogP contribution is -2.61. The minimum absolute atomic E-state index is 0.0396. The molecule has 73 heavy (non-hydrogen) atoms. The Balaban J connectivity index is 1.91. The molecule has 0 spiro atoms. The zero-order valence-corrected chi connectivity index (χ0v) is 45.5. The van der Waals surface area contributed by atoms with Gasteiger partial charge in [0.15, 0.2) is 5.78 Å². The van der Waals surface area contributed by atoms with Crippen LogP contribution in [0.2, 0.25) is 0 Å². The molecular weight excluding hydrogens is 943 g/mol. The third-order valence-electron chi connectivity index (χ3n) is 15.5. The van der Waals surface area contributed by atoms with Gasteiger partial charge in [0, 0.05) is 58.5 Å². The lowest BCUT2D eigenvalue weighted by atomic mass is 9.78. The Morgan fingerprint density at radius 3 is 2.19 bits per heavy atom. The van der Waals surface area contributed by atoms with Crippen LogP contribution in [0.3, 0.4) is 0 Å². The van der Waals surface area contributed by atoms with Gasteiger partial charge in [0.2, 0.25) is 5.79 Å². The molecule has 0 aromatic rings. The standard InChI is InChI=1S/C56H89NO16/c1-13-15-16-20-34(3)45(68-10)30-41-24-22-39(8)56(67,73-41)51(63)52(64)57-26-18-17-21-42(57)53(65)71-46(31-43(60)36(5)27-38(7)49(62)50(70-12)48(61)35(4)19-14-2)37(6)28-40-23-25-44(47(29-40)69-11)72-54(66)55(9,32-58)33-59/h13,15-16,20,27,35-37,39-42,44-47,49-50,58-59,62,67H,1,14,17-19,21-26,28-33H2,2-12H3/b16-15+,34-20+,38-27+. The van der Waals surface area contributed by atoms with Gasteiger partial charge in [-0.2, -0.15) is 0 Å². The minimum Gasteiger partial charge on any atom is -0.460 e. The Morgan fingerprint density at radius 1 is 0.904 bits per heavy atom. The van der Waals surface area contributed by atoms with Gasteiger partial charge in [0.05, 0.1) is 31.5 Å². The first-order valence-corrected chi connectivity index (χ1v) is 26.4. The molecule has 2 heterocycles. The summed E-state index contributed by atoms with van der Waals surface area (Å²) in [6.07, 6.45) is 8.46. The fourth-order valence-corrected chi connectivity index (χ4v) is 10.3. The zero-order valence-electron chi connectivity index (χ0n) is 45.5. The number of amides is 1. The molecule has 2 aliphatic heterocycles. The lowest BCUT2D eigenvalue weighted by Gasteiger charge is -2.42. The summed E-state index contributed by atoms with van der Waals surface area (Å²) in [5.41, 5.74) is -0.243. The number of nitrogens with zero attached hydrogens (tertiary/aromatic N) is 1. The van der Waals surface area contributed by atoms with Crippen molar-refractivity contribution >= 4 is 35.2 Å². The molecule has 17 nitrogen and oxygen atoms in total. The van der Waals surface area contributed by atoms with Gasteiger partial charge in [-0.15, -0.1) is 0 Å². The second kappa shape index (κ2) is 30.0. The summed E-state index contributed by atoms with van der Waals surface area (Å²) in [6, 6.07) is -1.21. The summed E-state index contributed by atoms with van der Waals surface area (Å²) in [7, 11) is 4.42. The quantitative estimate of drug-likeness (QED) is 0.0286. The third-order valence-corrected chi connectivity index (χ3v) is 15.5. The maximum atomic E-state index is 14.5. The molecular formula is C56H89NO16. The smallest absolute Gasteiger partial charge is 0.329 e. The Labute approximate surface area is 434 Å². The van der Waals surface area contributed by atoms with Crippen molar-refractivity contribution in [2.24, 2.45) is 35.0 Å². The second-order valence-electron chi connectivity index (χ2n) is 21.3. The minimum atomic E-state index is -2.47. The molecule has 1 aliphatic carbocycles. The van der Waals surface area contributed by atoms with Gasteiger partial charge in [0.1, 0.15) is 41.7 Å². The van der Waals surface area contributed by atoms with Crippen LogP contribution in [-0.2, 0) is 57.2 Å². The van der Waals surface area contributed by atoms with E-state index in [1.54, 1.807) is 53.0 Å². The topological polar surface area (TPSA) is 242 Å². The van der Waals surface area contributed by atoms with Gasteiger partial charge in [-0.1, -0.05) is 78.0 Å². The average molecular weight is 1030 g/mol. The van der Waals surface area contributed by atoms with E-state index in [2.05, 4.69) is 6.58 Å². The number of allylic oxidation sites excluding steroid dienone is 5. The van der Waals surface area contributed by atoms with Crippen LogP contribution in [0.15, 0.2) is 48.1 Å². The van der Waals surface area contributed by atoms with E-state index in [-0.39, 0.29) is 42.8 Å². The number of rotatable bonds is 29. The second-order valence-corrected chi connectivity index (χ2v) is 21.3. The summed E-state index contributed by atoms with van der Waals surface area (Å²) in [6.45, 7) is 16.4. The first-order chi connectivity index (χ1) is 34.5. The lowest BCUT2D eigenvalue weighted by molar-refractivity contribution is -0.265. The van der Waals surface area contributed by atoms with Crippen molar-refractivity contribution in [3.8, 4) is 0 Å². The first kappa shape index (κ1) is 63.4. The number of methoxy groups -OCH3 is 3. The van der Waals surface area contributed by atoms with E-state index in [4.69, 9.17) is 28.4 Å². The summed E-state index contributed by atoms with van der Waals surface area (Å²) < 4.78 is 35.1. The van der Waals surface area contributed by atoms with Crippen LogP contribution < -0.4 is 0 Å². The van der Waals surface area contributed by atoms with Gasteiger partial charge in [0.25, 0.3) is 11.7 Å². The molecule has 14 unspecified atom stereocenters. The summed E-state index contributed by atoms with van der Waals surface area (Å²) in [4.78, 5) is 84.7. The van der Waals surface area contributed by atoms with Crippen LogP contribution >= 0.6 is 0 Å². The maximum absolute atomic E-state index is 14.5. The van der Waals surface area contributed by atoms with Gasteiger partial charge in [-0.05, 0) is 108 Å². The highest BCUT2D eigenvalue weighted by atomic mass is 16.6. The number of piperidine rings is 1. The molecule has 0 aromatic carbocycles. The van der Waals surface area contributed by atoms with Crippen LogP contribution in [-0.4, -0.2) is 156 Å². The van der Waals surface area contributed by atoms with E-state index in [1.165, 1.54) is 21.1 Å². The average Bonchev–Trinajstić information content (AvgIpc) is 3.38. The number of hydrogen-bond acceptors (Lipinski definition) is 16. The normalized spacial score (nSPS) is 27.2. The number of hydrogen-bond donors (Lipinski definition) is 4. The number of esters is 2. The molecule has 3 rings (SSSR count). The van der Waals surface area contributed by atoms with E-state index in [0.29, 0.717) is 69.8 Å². The zero-order chi connectivity index (χ0) is 54.8. The number of aliphatic hydroxyl groups excluding tert-OH is 3. The molecule has 1 saturated carbocycles. The SMILES string of the molecule is C=C/C=C/C=C(\C)C(CC1CCC(C)C(O)(C(=O)C(=O)N2CCCCC2C(=O)OC(CC(=O)C(C)/C=C(\C)C(O)C(OC)C(=O)C(C)CCC)C(C)CC2CCC(OC(=O)C(C)(CO)CO)C(OC)C2)O1)OC. The molecule has 17 heteroatoms. The Hall–Kier alpha value is -3.94. The molecule has 0 bridgehead atoms. The van der Waals surface area contributed by atoms with Crippen LogP contribution in [0, 0.1) is 35.0 Å². The third kappa shape index (κ3) is 17.0. The predicted octanol–water partition coefficient (Wildman–Crippen LogP) is 6.11. The number of likely N-dealkylation sites (tertiary alicyclic amines) is 1. The van der Waals surface area contributed by atoms with Crippen molar-refractivity contribution in [1.29, 1.82) is 0 Å². The van der Waals surface area contributed by atoms with E-state index in [0.717, 1.165) is 16.9 Å². The van der Waals surface area contributed by atoms with Crippen LogP contribution in [0.1, 0.15) is 139 Å². The van der Waals surface area contributed by atoms with Crippen molar-refractivity contribution < 1.29 is 77.6 Å². The van der Waals surface area contributed by atoms with E-state index < -0.39 is 115 Å². The number of aliphatic hydroxyl groups is 4. The first-order valence-electron chi connectivity index (χ1n) is 26.4. The highest BCUT2D eigenvalue weighted by Crippen LogP contribution is 2.38. The summed E-state index contributed by atoms with van der Waals surface area (Å²) >= 11 is 0. The molecule has 1 amide bonds. The Kier molecular flexibility index (Phi) is 26.0. The summed E-state index contributed by atoms with van der Waals surface area (Å²) in [5, 5.41) is 42.8. The molecule has 14 atom stereocenters. The van der Waals surface area contributed by atoms with Crippen LogP contribution in [0.5, 0.6) is 0 Å². The molecule has 0 aromatic heterocycles. The number of carbonyl (C=O) groups excluding carboxylic acids is 6. The van der Waals surface area contributed by atoms with Crippen molar-refractivity contribution in [2.75, 3.05) is 41.1 Å². The van der Waals surface area contributed by atoms with Gasteiger partial charge < -0.3 is 53.7 Å². The number of Topliss-reactive ketones (excluding diaryl/α,β-unsaturated/α-hetero) is 3. The molecule has 3 fully saturated rings. The fraction of sp³-hybridized carbons (Fsp3) is 0.750. The van der Waals surface area contributed by atoms with Gasteiger partial charge >= 0.3 is 11.9 Å². The highest BCUT2D eigenvalue weighted by molar-refractivity contribution is 6.39. The van der Waals surface area contributed by atoms with Gasteiger partial charge in [-0.3, -0.25) is 24.0 Å². The van der Waals surface area contributed by atoms with Crippen molar-refractivity contribution in [3.63, 3.8) is 0 Å². The number of ketones is 3. The molecule has 4 N–H and O–H groups in total. The van der Waals surface area contributed by atoms with Crippen molar-refractivity contribution in [3.05, 3.63) is 48.1 Å².